The maximum absolute atomic E-state index is 13.0. The fraction of sp³-hybridized carbons (Fsp3) is 0.286. The molecule has 148 valence electrons. The van der Waals surface area contributed by atoms with Gasteiger partial charge in [0, 0.05) is 44.1 Å². The monoisotopic (exact) mass is 391 g/mol. The molecule has 1 aromatic carbocycles. The third-order valence-corrected chi connectivity index (χ3v) is 5.44. The molecule has 8 heteroatoms. The van der Waals surface area contributed by atoms with E-state index < -0.39 is 0 Å². The van der Waals surface area contributed by atoms with Crippen LogP contribution in [0.2, 0.25) is 0 Å². The normalized spacial score (nSPS) is 15.8. The minimum Gasteiger partial charge on any atom is -0.353 e. The summed E-state index contributed by atoms with van der Waals surface area (Å²) in [4.78, 5) is 11.6. The summed E-state index contributed by atoms with van der Waals surface area (Å²) in [7, 11) is 2.08. The van der Waals surface area contributed by atoms with Crippen molar-refractivity contribution in [2.75, 3.05) is 17.3 Å². The number of hydrogen-bond acceptors (Lipinski definition) is 5. The van der Waals surface area contributed by atoms with Crippen molar-refractivity contribution < 1.29 is 4.39 Å². The van der Waals surface area contributed by atoms with Gasteiger partial charge in [0.1, 0.15) is 11.3 Å². The molecule has 0 spiro atoms. The minimum absolute atomic E-state index is 0.231. The van der Waals surface area contributed by atoms with Gasteiger partial charge in [0.05, 0.1) is 18.3 Å². The van der Waals surface area contributed by atoms with Crippen LogP contribution in [0, 0.1) is 5.82 Å². The molecule has 5 rings (SSSR count). The first-order valence-electron chi connectivity index (χ1n) is 9.66. The van der Waals surface area contributed by atoms with E-state index in [1.807, 2.05) is 23.1 Å². The Labute approximate surface area is 167 Å². The molecule has 7 nitrogen and oxygen atoms in total. The number of nitrogens with zero attached hydrogens (tertiary/aromatic N) is 6. The lowest BCUT2D eigenvalue weighted by atomic mass is 10.2. The van der Waals surface area contributed by atoms with Crippen molar-refractivity contribution >= 4 is 22.8 Å². The first kappa shape index (κ1) is 17.7. The molecular formula is C21H22FN7. The molecule has 29 heavy (non-hydrogen) atoms. The van der Waals surface area contributed by atoms with Crippen LogP contribution in [0.4, 0.5) is 16.2 Å². The van der Waals surface area contributed by atoms with Crippen LogP contribution in [0.1, 0.15) is 18.1 Å². The van der Waals surface area contributed by atoms with Gasteiger partial charge in [-0.15, -0.1) is 0 Å². The molecule has 0 saturated carbocycles. The summed E-state index contributed by atoms with van der Waals surface area (Å²) in [6, 6.07) is 8.89. The molecule has 0 bridgehead atoms. The maximum Gasteiger partial charge on any atom is 0.225 e. The van der Waals surface area contributed by atoms with Crippen molar-refractivity contribution in [3.63, 3.8) is 0 Å². The smallest absolute Gasteiger partial charge is 0.225 e. The fourth-order valence-corrected chi connectivity index (χ4v) is 3.72. The highest BCUT2D eigenvalue weighted by molar-refractivity contribution is 5.89. The van der Waals surface area contributed by atoms with E-state index in [0.29, 0.717) is 25.1 Å². The Hall–Kier alpha value is -3.42. The number of rotatable bonds is 5. The second-order valence-electron chi connectivity index (χ2n) is 7.56. The standard InChI is InChI=1S/C21H22FN7/c1-14-11-28-8-7-18-19(28)20(27(14)2)26-21(25-18)23-9-16-10-24-29(13-16)12-15-3-5-17(22)6-4-15/h3-8,10,13-14H,9,11-12H2,1-2H3,(H,23,25,26)/t14-/m0/s1. The molecular weight excluding hydrogens is 369 g/mol. The van der Waals surface area contributed by atoms with Gasteiger partial charge in [-0.3, -0.25) is 4.68 Å². The van der Waals surface area contributed by atoms with Crippen molar-refractivity contribution in [1.29, 1.82) is 0 Å². The Morgan fingerprint density at radius 3 is 2.79 bits per heavy atom. The summed E-state index contributed by atoms with van der Waals surface area (Å²) in [5.41, 5.74) is 4.07. The highest BCUT2D eigenvalue weighted by atomic mass is 19.1. The number of anilines is 2. The van der Waals surface area contributed by atoms with Crippen molar-refractivity contribution in [3.05, 3.63) is 65.9 Å². The summed E-state index contributed by atoms with van der Waals surface area (Å²) in [6.07, 6.45) is 5.88. The number of aromatic nitrogens is 5. The van der Waals surface area contributed by atoms with E-state index in [2.05, 4.69) is 45.0 Å². The summed E-state index contributed by atoms with van der Waals surface area (Å²) >= 11 is 0. The zero-order valence-electron chi connectivity index (χ0n) is 16.4. The third kappa shape index (κ3) is 3.30. The molecule has 0 saturated heterocycles. The molecule has 1 atom stereocenters. The zero-order valence-corrected chi connectivity index (χ0v) is 16.4. The van der Waals surface area contributed by atoms with Gasteiger partial charge in [-0.2, -0.15) is 10.1 Å². The van der Waals surface area contributed by atoms with Crippen LogP contribution in [0.3, 0.4) is 0 Å². The molecule has 3 aromatic heterocycles. The first-order chi connectivity index (χ1) is 14.1. The van der Waals surface area contributed by atoms with E-state index in [9.17, 15) is 4.39 Å². The molecule has 0 aliphatic carbocycles. The first-order valence-corrected chi connectivity index (χ1v) is 9.66. The number of benzene rings is 1. The van der Waals surface area contributed by atoms with Crippen LogP contribution in [-0.4, -0.2) is 37.4 Å². The minimum atomic E-state index is -0.231. The van der Waals surface area contributed by atoms with Gasteiger partial charge >= 0.3 is 0 Å². The molecule has 4 aromatic rings. The molecule has 0 amide bonds. The van der Waals surface area contributed by atoms with Crippen LogP contribution < -0.4 is 10.2 Å². The summed E-state index contributed by atoms with van der Waals surface area (Å²) in [6.45, 7) is 4.31. The second kappa shape index (κ2) is 6.88. The van der Waals surface area contributed by atoms with Crippen molar-refractivity contribution in [2.45, 2.75) is 32.6 Å². The van der Waals surface area contributed by atoms with Gasteiger partial charge in [0.25, 0.3) is 0 Å². The van der Waals surface area contributed by atoms with E-state index in [-0.39, 0.29) is 5.82 Å². The Kier molecular flexibility index (Phi) is 4.19. The van der Waals surface area contributed by atoms with Crippen molar-refractivity contribution in [2.24, 2.45) is 0 Å². The lowest BCUT2D eigenvalue weighted by Gasteiger charge is -2.32. The van der Waals surface area contributed by atoms with Crippen LogP contribution in [0.15, 0.2) is 48.9 Å². The molecule has 1 N–H and O–H groups in total. The van der Waals surface area contributed by atoms with Crippen LogP contribution in [0.5, 0.6) is 0 Å². The Bertz CT molecular complexity index is 1160. The topological polar surface area (TPSA) is 63.8 Å². The molecule has 0 fully saturated rings. The second-order valence-corrected chi connectivity index (χ2v) is 7.56. The molecule has 0 radical (unpaired) electrons. The van der Waals surface area contributed by atoms with Crippen LogP contribution in [-0.2, 0) is 19.6 Å². The van der Waals surface area contributed by atoms with Crippen LogP contribution in [0.25, 0.3) is 11.0 Å². The molecule has 1 aliphatic heterocycles. The quantitative estimate of drug-likeness (QED) is 0.566. The summed E-state index contributed by atoms with van der Waals surface area (Å²) in [5.74, 6) is 1.33. The Morgan fingerprint density at radius 1 is 1.14 bits per heavy atom. The third-order valence-electron chi connectivity index (χ3n) is 5.44. The zero-order chi connectivity index (χ0) is 20.0. The van der Waals surface area contributed by atoms with E-state index >= 15 is 0 Å². The summed E-state index contributed by atoms with van der Waals surface area (Å²) in [5, 5.41) is 7.71. The predicted octanol–water partition coefficient (Wildman–Crippen LogP) is 3.27. The van der Waals surface area contributed by atoms with Gasteiger partial charge in [0.2, 0.25) is 5.95 Å². The number of nitrogens with one attached hydrogen (secondary N) is 1. The van der Waals surface area contributed by atoms with E-state index in [0.717, 1.165) is 34.5 Å². The average molecular weight is 391 g/mol. The van der Waals surface area contributed by atoms with Gasteiger partial charge in [0.15, 0.2) is 5.82 Å². The maximum atomic E-state index is 13.0. The molecule has 1 aliphatic rings. The average Bonchev–Trinajstić information content (AvgIpc) is 3.33. The van der Waals surface area contributed by atoms with Crippen LogP contribution >= 0.6 is 0 Å². The Morgan fingerprint density at radius 2 is 1.97 bits per heavy atom. The fourth-order valence-electron chi connectivity index (χ4n) is 3.72. The lowest BCUT2D eigenvalue weighted by molar-refractivity contribution is 0.554. The lowest BCUT2D eigenvalue weighted by Crippen LogP contribution is -2.37. The van der Waals surface area contributed by atoms with Gasteiger partial charge in [-0.1, -0.05) is 12.1 Å². The van der Waals surface area contributed by atoms with Crippen molar-refractivity contribution in [1.82, 2.24) is 24.3 Å². The van der Waals surface area contributed by atoms with Gasteiger partial charge in [-0.05, 0) is 30.7 Å². The van der Waals surface area contributed by atoms with E-state index in [4.69, 9.17) is 4.98 Å². The SMILES string of the molecule is C[C@H]1Cn2ccc3nc(NCc4cnn(Cc5ccc(F)cc5)c4)nc(c32)N1C. The predicted molar refractivity (Wildman–Crippen MR) is 110 cm³/mol. The highest BCUT2D eigenvalue weighted by Gasteiger charge is 2.24. The number of likely N-dealkylation sites (N-methyl/N-ethyl adjacent to an activating group) is 1. The molecule has 4 heterocycles. The summed E-state index contributed by atoms with van der Waals surface area (Å²) < 4.78 is 17.1. The molecule has 0 unspecified atom stereocenters. The van der Waals surface area contributed by atoms with Crippen molar-refractivity contribution in [3.8, 4) is 0 Å². The van der Waals surface area contributed by atoms with E-state index in [1.165, 1.54) is 12.1 Å². The number of halogens is 1. The van der Waals surface area contributed by atoms with Gasteiger partial charge in [-0.25, -0.2) is 9.37 Å². The number of hydrogen-bond donors (Lipinski definition) is 1. The van der Waals surface area contributed by atoms with E-state index in [1.54, 1.807) is 12.1 Å². The van der Waals surface area contributed by atoms with Gasteiger partial charge < -0.3 is 14.8 Å². The largest absolute Gasteiger partial charge is 0.353 e. The Balaban J connectivity index is 1.31. The highest BCUT2D eigenvalue weighted by Crippen LogP contribution is 2.31.